The van der Waals surface area contributed by atoms with Crippen molar-refractivity contribution in [3.05, 3.63) is 0 Å². The van der Waals surface area contributed by atoms with E-state index < -0.39 is 0 Å². The molecule has 0 saturated carbocycles. The fourth-order valence-corrected chi connectivity index (χ4v) is 1.43. The van der Waals surface area contributed by atoms with Gasteiger partial charge in [0.25, 0.3) is 0 Å². The summed E-state index contributed by atoms with van der Waals surface area (Å²) in [7, 11) is 1.71. The number of ether oxygens (including phenoxy) is 2. The second-order valence-electron chi connectivity index (χ2n) is 4.52. The van der Waals surface area contributed by atoms with Crippen LogP contribution in [0.15, 0.2) is 0 Å². The van der Waals surface area contributed by atoms with Crippen LogP contribution in [0.25, 0.3) is 0 Å². The standard InChI is InChI=1S/C12H26N2O2S/c1-11(2)10-16-9-7-14(6-8-15-3)5-4-12(13)17/h11H,4-10H2,1-3H3,(H2,13,17). The van der Waals surface area contributed by atoms with E-state index in [4.69, 9.17) is 27.4 Å². The smallest absolute Gasteiger partial charge is 0.0740 e. The fraction of sp³-hybridized carbons (Fsp3) is 0.917. The van der Waals surface area contributed by atoms with E-state index in [9.17, 15) is 0 Å². The highest BCUT2D eigenvalue weighted by atomic mass is 32.1. The minimum atomic E-state index is 0.565. The molecule has 0 radical (unpaired) electrons. The van der Waals surface area contributed by atoms with E-state index in [1.54, 1.807) is 7.11 Å². The molecule has 0 rings (SSSR count). The third kappa shape index (κ3) is 12.0. The molecule has 0 amide bonds. The first-order chi connectivity index (χ1) is 8.06. The number of methoxy groups -OCH3 is 1. The van der Waals surface area contributed by atoms with E-state index in [0.717, 1.165) is 45.9 Å². The van der Waals surface area contributed by atoms with Crippen molar-refractivity contribution in [1.82, 2.24) is 4.90 Å². The molecule has 17 heavy (non-hydrogen) atoms. The molecular weight excluding hydrogens is 236 g/mol. The minimum absolute atomic E-state index is 0.565. The molecule has 0 aliphatic heterocycles. The maximum atomic E-state index is 5.57. The van der Waals surface area contributed by atoms with Crippen molar-refractivity contribution in [1.29, 1.82) is 0 Å². The fourth-order valence-electron chi connectivity index (χ4n) is 1.34. The van der Waals surface area contributed by atoms with Crippen LogP contribution in [0, 0.1) is 5.92 Å². The van der Waals surface area contributed by atoms with Crippen LogP contribution < -0.4 is 5.73 Å². The van der Waals surface area contributed by atoms with Crippen molar-refractivity contribution in [3.8, 4) is 0 Å². The van der Waals surface area contributed by atoms with E-state index in [0.29, 0.717) is 10.9 Å². The van der Waals surface area contributed by atoms with E-state index in [-0.39, 0.29) is 0 Å². The topological polar surface area (TPSA) is 47.7 Å². The van der Waals surface area contributed by atoms with Crippen LogP contribution in [0.3, 0.4) is 0 Å². The van der Waals surface area contributed by atoms with E-state index in [1.807, 2.05) is 0 Å². The Labute approximate surface area is 110 Å². The third-order valence-corrected chi connectivity index (χ3v) is 2.49. The first kappa shape index (κ1) is 16.8. The second kappa shape index (κ2) is 10.9. The van der Waals surface area contributed by atoms with Crippen LogP contribution in [0.5, 0.6) is 0 Å². The Hall–Kier alpha value is -0.230. The van der Waals surface area contributed by atoms with Crippen molar-refractivity contribution in [3.63, 3.8) is 0 Å². The van der Waals surface area contributed by atoms with Crippen LogP contribution in [0.4, 0.5) is 0 Å². The lowest BCUT2D eigenvalue weighted by Crippen LogP contribution is -2.33. The normalized spacial score (nSPS) is 11.4. The number of nitrogens with two attached hydrogens (primary N) is 1. The molecule has 4 nitrogen and oxygen atoms in total. The number of hydrogen-bond donors (Lipinski definition) is 1. The van der Waals surface area contributed by atoms with Crippen molar-refractivity contribution < 1.29 is 9.47 Å². The van der Waals surface area contributed by atoms with Crippen LogP contribution in [-0.4, -0.2) is 56.5 Å². The largest absolute Gasteiger partial charge is 0.393 e. The minimum Gasteiger partial charge on any atom is -0.393 e. The lowest BCUT2D eigenvalue weighted by molar-refractivity contribution is 0.0757. The van der Waals surface area contributed by atoms with Gasteiger partial charge in [-0.25, -0.2) is 0 Å². The summed E-state index contributed by atoms with van der Waals surface area (Å²) in [5.41, 5.74) is 5.51. The molecule has 0 saturated heterocycles. The van der Waals surface area contributed by atoms with Gasteiger partial charge in [-0.2, -0.15) is 0 Å². The molecule has 5 heteroatoms. The van der Waals surface area contributed by atoms with Gasteiger partial charge in [0, 0.05) is 39.8 Å². The average Bonchev–Trinajstić information content (AvgIpc) is 2.26. The monoisotopic (exact) mass is 262 g/mol. The summed E-state index contributed by atoms with van der Waals surface area (Å²) in [4.78, 5) is 2.83. The van der Waals surface area contributed by atoms with Gasteiger partial charge in [-0.05, 0) is 5.92 Å². The first-order valence-electron chi connectivity index (χ1n) is 6.13. The highest BCUT2D eigenvalue weighted by Crippen LogP contribution is 1.96. The molecule has 0 aromatic carbocycles. The number of hydrogen-bond acceptors (Lipinski definition) is 4. The predicted molar refractivity (Wildman–Crippen MR) is 75.4 cm³/mol. The average molecular weight is 262 g/mol. The van der Waals surface area contributed by atoms with Gasteiger partial charge >= 0.3 is 0 Å². The van der Waals surface area contributed by atoms with Crippen molar-refractivity contribution in [2.24, 2.45) is 11.7 Å². The van der Waals surface area contributed by atoms with E-state index in [2.05, 4.69) is 18.7 Å². The molecule has 0 spiro atoms. The van der Waals surface area contributed by atoms with Gasteiger partial charge in [-0.15, -0.1) is 0 Å². The van der Waals surface area contributed by atoms with Crippen LogP contribution in [0.2, 0.25) is 0 Å². The van der Waals surface area contributed by atoms with Crippen molar-refractivity contribution >= 4 is 17.2 Å². The molecular formula is C12H26N2O2S. The Bertz CT molecular complexity index is 201. The summed E-state index contributed by atoms with van der Waals surface area (Å²) in [6.45, 7) is 9.26. The zero-order valence-electron chi connectivity index (χ0n) is 11.3. The predicted octanol–water partition coefficient (Wildman–Crippen LogP) is 1.28. The molecule has 0 unspecified atom stereocenters. The Balaban J connectivity index is 3.72. The molecule has 0 heterocycles. The first-order valence-corrected chi connectivity index (χ1v) is 6.54. The van der Waals surface area contributed by atoms with Gasteiger partial charge < -0.3 is 15.2 Å². The Morgan fingerprint density at radius 3 is 2.41 bits per heavy atom. The number of nitrogens with zero attached hydrogens (tertiary/aromatic N) is 1. The van der Waals surface area contributed by atoms with Crippen molar-refractivity contribution in [2.45, 2.75) is 20.3 Å². The highest BCUT2D eigenvalue weighted by Gasteiger charge is 2.05. The van der Waals surface area contributed by atoms with Crippen molar-refractivity contribution in [2.75, 3.05) is 46.6 Å². The molecule has 0 aromatic heterocycles. The molecule has 0 fully saturated rings. The summed E-state index contributed by atoms with van der Waals surface area (Å²) < 4.78 is 10.6. The lowest BCUT2D eigenvalue weighted by Gasteiger charge is -2.21. The second-order valence-corrected chi connectivity index (χ2v) is 5.04. The summed E-state index contributed by atoms with van der Waals surface area (Å²) >= 11 is 4.88. The quantitative estimate of drug-likeness (QED) is 0.449. The summed E-state index contributed by atoms with van der Waals surface area (Å²) in [5.74, 6) is 0.582. The Morgan fingerprint density at radius 1 is 1.24 bits per heavy atom. The Morgan fingerprint density at radius 2 is 1.88 bits per heavy atom. The zero-order valence-corrected chi connectivity index (χ0v) is 12.1. The van der Waals surface area contributed by atoms with Crippen LogP contribution in [0.1, 0.15) is 20.3 Å². The van der Waals surface area contributed by atoms with Crippen LogP contribution in [-0.2, 0) is 9.47 Å². The molecule has 0 aromatic rings. The third-order valence-electron chi connectivity index (χ3n) is 2.29. The molecule has 0 aliphatic carbocycles. The zero-order chi connectivity index (χ0) is 13.1. The molecule has 2 N–H and O–H groups in total. The maximum absolute atomic E-state index is 5.57. The maximum Gasteiger partial charge on any atom is 0.0740 e. The summed E-state index contributed by atoms with van der Waals surface area (Å²) in [6.07, 6.45) is 0.753. The van der Waals surface area contributed by atoms with Gasteiger partial charge in [0.1, 0.15) is 0 Å². The molecule has 0 bridgehead atoms. The van der Waals surface area contributed by atoms with Gasteiger partial charge in [-0.3, -0.25) is 4.90 Å². The SMILES string of the molecule is COCCN(CCOCC(C)C)CCC(N)=S. The molecule has 102 valence electrons. The number of rotatable bonds is 11. The Kier molecular flexibility index (Phi) is 10.7. The van der Waals surface area contributed by atoms with E-state index in [1.165, 1.54) is 0 Å². The highest BCUT2D eigenvalue weighted by molar-refractivity contribution is 7.80. The van der Waals surface area contributed by atoms with E-state index >= 15 is 0 Å². The van der Waals surface area contributed by atoms with Gasteiger partial charge in [0.05, 0.1) is 18.2 Å². The van der Waals surface area contributed by atoms with Crippen LogP contribution >= 0.6 is 12.2 Å². The summed E-state index contributed by atoms with van der Waals surface area (Å²) in [6, 6.07) is 0. The van der Waals surface area contributed by atoms with Gasteiger partial charge in [-0.1, -0.05) is 26.1 Å². The van der Waals surface area contributed by atoms with Gasteiger partial charge in [0.2, 0.25) is 0 Å². The molecule has 0 atom stereocenters. The summed E-state index contributed by atoms with van der Waals surface area (Å²) in [5, 5.41) is 0. The lowest BCUT2D eigenvalue weighted by atomic mass is 10.2. The number of thiocarbonyl (C=S) groups is 1. The molecule has 0 aliphatic rings. The van der Waals surface area contributed by atoms with Gasteiger partial charge in [0.15, 0.2) is 0 Å².